The highest BCUT2D eigenvalue weighted by atomic mass is 16.5. The van der Waals surface area contributed by atoms with Crippen molar-refractivity contribution in [1.29, 1.82) is 0 Å². The summed E-state index contributed by atoms with van der Waals surface area (Å²) in [6.45, 7) is 13.4. The first-order chi connectivity index (χ1) is 6.12. The van der Waals surface area contributed by atoms with Gasteiger partial charge in [0, 0.05) is 0 Å². The van der Waals surface area contributed by atoms with Gasteiger partial charge in [-0.15, -0.1) is 0 Å². The number of rotatable bonds is 3. The molecule has 0 unspecified atom stereocenters. The second-order valence-corrected chi connectivity index (χ2v) is 6.96. The van der Waals surface area contributed by atoms with Crippen molar-refractivity contribution in [2.75, 3.05) is 0 Å². The molecule has 0 radical (unpaired) electrons. The normalized spacial score (nSPS) is 21.0. The van der Waals surface area contributed by atoms with Crippen molar-refractivity contribution in [3.05, 3.63) is 0 Å². The molecule has 14 heavy (non-hydrogen) atoms. The quantitative estimate of drug-likeness (QED) is 0.661. The Hall–Kier alpha value is -0.0400. The fourth-order valence-electron chi connectivity index (χ4n) is 1.79. The Balaban J connectivity index is 2.37. The fraction of sp³-hybridized carbons (Fsp3) is 1.00. The van der Waals surface area contributed by atoms with Crippen molar-refractivity contribution < 1.29 is 4.74 Å². The Kier molecular flexibility index (Phi) is 3.02. The van der Waals surface area contributed by atoms with Crippen LogP contribution in [0.15, 0.2) is 0 Å². The predicted octanol–water partition coefficient (Wildman–Crippen LogP) is 4.16. The molecule has 1 saturated carbocycles. The highest BCUT2D eigenvalue weighted by Gasteiger charge is 2.46. The molecular formula is C13H26O. The molecule has 0 aliphatic heterocycles. The molecular weight excluding hydrogens is 172 g/mol. The zero-order valence-corrected chi connectivity index (χ0v) is 10.7. The van der Waals surface area contributed by atoms with Crippen LogP contribution in [0.1, 0.15) is 67.2 Å². The second kappa shape index (κ2) is 3.52. The summed E-state index contributed by atoms with van der Waals surface area (Å²) in [5.41, 5.74) is 0.705. The zero-order valence-electron chi connectivity index (χ0n) is 10.7. The van der Waals surface area contributed by atoms with Gasteiger partial charge in [0.05, 0.1) is 11.2 Å². The minimum Gasteiger partial charge on any atom is -0.369 e. The van der Waals surface area contributed by atoms with Gasteiger partial charge >= 0.3 is 0 Å². The maximum Gasteiger partial charge on any atom is 0.0692 e. The van der Waals surface area contributed by atoms with Gasteiger partial charge in [0.15, 0.2) is 0 Å². The lowest BCUT2D eigenvalue weighted by molar-refractivity contribution is -0.0828. The van der Waals surface area contributed by atoms with Gasteiger partial charge in [-0.3, -0.25) is 0 Å². The third-order valence-electron chi connectivity index (χ3n) is 2.66. The first kappa shape index (κ1) is 12.0. The minimum atomic E-state index is 0.0222. The highest BCUT2D eigenvalue weighted by molar-refractivity contribution is 4.98. The fourth-order valence-corrected chi connectivity index (χ4v) is 1.79. The SMILES string of the molecule is CC(C)(C)CCC1(OC(C)(C)C)CC1. The number of ether oxygens (including phenoxy) is 1. The summed E-state index contributed by atoms with van der Waals surface area (Å²) in [5, 5.41) is 0. The molecule has 0 amide bonds. The minimum absolute atomic E-state index is 0.0222. The van der Waals surface area contributed by atoms with Gasteiger partial charge in [0.25, 0.3) is 0 Å². The summed E-state index contributed by atoms with van der Waals surface area (Å²) in [7, 11) is 0. The zero-order chi connectivity index (χ0) is 11.0. The van der Waals surface area contributed by atoms with E-state index in [9.17, 15) is 0 Å². The van der Waals surface area contributed by atoms with Gasteiger partial charge in [0.1, 0.15) is 0 Å². The van der Waals surface area contributed by atoms with Gasteiger partial charge in [-0.2, -0.15) is 0 Å². The van der Waals surface area contributed by atoms with Crippen LogP contribution in [-0.2, 0) is 4.74 Å². The van der Waals surface area contributed by atoms with Gasteiger partial charge in [0.2, 0.25) is 0 Å². The largest absolute Gasteiger partial charge is 0.369 e. The molecule has 1 heteroatoms. The molecule has 0 bridgehead atoms. The summed E-state index contributed by atoms with van der Waals surface area (Å²) in [6.07, 6.45) is 5.03. The van der Waals surface area contributed by atoms with Crippen LogP contribution in [-0.4, -0.2) is 11.2 Å². The smallest absolute Gasteiger partial charge is 0.0692 e. The average Bonchev–Trinajstić information content (AvgIpc) is 2.60. The maximum atomic E-state index is 6.13. The lowest BCUT2D eigenvalue weighted by Gasteiger charge is -2.30. The predicted molar refractivity (Wildman–Crippen MR) is 61.5 cm³/mol. The third-order valence-corrected chi connectivity index (χ3v) is 2.66. The first-order valence-electron chi connectivity index (χ1n) is 5.82. The average molecular weight is 198 g/mol. The van der Waals surface area contributed by atoms with Gasteiger partial charge < -0.3 is 4.74 Å². The lowest BCUT2D eigenvalue weighted by atomic mass is 9.88. The molecule has 1 aliphatic rings. The summed E-state index contributed by atoms with van der Waals surface area (Å²) in [4.78, 5) is 0. The van der Waals surface area contributed by atoms with E-state index in [-0.39, 0.29) is 11.2 Å². The molecule has 0 aromatic heterocycles. The van der Waals surface area contributed by atoms with Crippen LogP contribution in [0.3, 0.4) is 0 Å². The van der Waals surface area contributed by atoms with E-state index in [4.69, 9.17) is 4.74 Å². The number of hydrogen-bond donors (Lipinski definition) is 0. The van der Waals surface area contributed by atoms with E-state index >= 15 is 0 Å². The molecule has 1 rings (SSSR count). The Bertz CT molecular complexity index is 188. The first-order valence-corrected chi connectivity index (χ1v) is 5.82. The van der Waals surface area contributed by atoms with Crippen molar-refractivity contribution in [3.63, 3.8) is 0 Å². The van der Waals surface area contributed by atoms with Crippen molar-refractivity contribution in [3.8, 4) is 0 Å². The Morgan fingerprint density at radius 3 is 1.79 bits per heavy atom. The molecule has 0 aromatic carbocycles. The van der Waals surface area contributed by atoms with E-state index in [0.29, 0.717) is 5.41 Å². The van der Waals surface area contributed by atoms with E-state index in [1.807, 2.05) is 0 Å². The van der Waals surface area contributed by atoms with E-state index in [1.165, 1.54) is 25.7 Å². The van der Waals surface area contributed by atoms with Crippen molar-refractivity contribution in [1.82, 2.24) is 0 Å². The molecule has 0 heterocycles. The molecule has 0 aromatic rings. The van der Waals surface area contributed by atoms with E-state index in [1.54, 1.807) is 0 Å². The van der Waals surface area contributed by atoms with Crippen LogP contribution < -0.4 is 0 Å². The lowest BCUT2D eigenvalue weighted by Crippen LogP contribution is -2.29. The van der Waals surface area contributed by atoms with Crippen LogP contribution in [0.2, 0.25) is 0 Å². The van der Waals surface area contributed by atoms with E-state index in [2.05, 4.69) is 41.5 Å². The van der Waals surface area contributed by atoms with Gasteiger partial charge in [-0.1, -0.05) is 20.8 Å². The standard InChI is InChI=1S/C13H26O/c1-11(2,3)7-8-13(9-10-13)14-12(4,5)6/h7-10H2,1-6H3. The molecule has 0 atom stereocenters. The molecule has 84 valence electrons. The Labute approximate surface area is 89.2 Å². The summed E-state index contributed by atoms with van der Waals surface area (Å²) in [6, 6.07) is 0. The Morgan fingerprint density at radius 1 is 1.00 bits per heavy atom. The summed E-state index contributed by atoms with van der Waals surface area (Å²) < 4.78 is 6.13. The van der Waals surface area contributed by atoms with Crippen LogP contribution in [0.25, 0.3) is 0 Å². The van der Waals surface area contributed by atoms with Crippen LogP contribution >= 0.6 is 0 Å². The van der Waals surface area contributed by atoms with Crippen LogP contribution in [0.4, 0.5) is 0 Å². The second-order valence-electron chi connectivity index (χ2n) is 6.96. The summed E-state index contributed by atoms with van der Waals surface area (Å²) >= 11 is 0. The number of hydrogen-bond acceptors (Lipinski definition) is 1. The maximum absolute atomic E-state index is 6.13. The third kappa shape index (κ3) is 4.45. The van der Waals surface area contributed by atoms with Crippen molar-refractivity contribution >= 4 is 0 Å². The van der Waals surface area contributed by atoms with Crippen LogP contribution in [0, 0.1) is 5.41 Å². The summed E-state index contributed by atoms with van der Waals surface area (Å²) in [5.74, 6) is 0. The van der Waals surface area contributed by atoms with Gasteiger partial charge in [-0.25, -0.2) is 0 Å². The topological polar surface area (TPSA) is 9.23 Å². The molecule has 1 aliphatic carbocycles. The van der Waals surface area contributed by atoms with Crippen molar-refractivity contribution in [2.45, 2.75) is 78.4 Å². The van der Waals surface area contributed by atoms with E-state index in [0.717, 1.165) is 0 Å². The molecule has 0 spiro atoms. The Morgan fingerprint density at radius 2 is 1.50 bits per heavy atom. The van der Waals surface area contributed by atoms with Crippen LogP contribution in [0.5, 0.6) is 0 Å². The van der Waals surface area contributed by atoms with Crippen molar-refractivity contribution in [2.24, 2.45) is 5.41 Å². The molecule has 0 N–H and O–H groups in total. The van der Waals surface area contributed by atoms with E-state index < -0.39 is 0 Å². The van der Waals surface area contributed by atoms with Gasteiger partial charge in [-0.05, 0) is 51.9 Å². The molecule has 0 saturated heterocycles. The monoisotopic (exact) mass is 198 g/mol. The highest BCUT2D eigenvalue weighted by Crippen LogP contribution is 2.47. The molecule has 1 nitrogen and oxygen atoms in total. The molecule has 1 fully saturated rings.